The van der Waals surface area contributed by atoms with Crippen LogP contribution in [0.3, 0.4) is 0 Å². The molecule has 136 valence electrons. The molecule has 3 rings (SSSR count). The highest BCUT2D eigenvalue weighted by Gasteiger charge is 2.30. The highest BCUT2D eigenvalue weighted by molar-refractivity contribution is 7.17. The lowest BCUT2D eigenvalue weighted by Gasteiger charge is -2.19. The number of benzene rings is 1. The molecule has 1 N–H and O–H groups in total. The third kappa shape index (κ3) is 4.05. The number of fused-ring (bicyclic) bond motifs is 1. The SMILES string of the molecule is CCOC(=O)c1c(NC(=O)/C=C/c2ccccc2)sc2c1C(C)CCC2. The van der Waals surface area contributed by atoms with Gasteiger partial charge in [-0.25, -0.2) is 4.79 Å². The van der Waals surface area contributed by atoms with Crippen LogP contribution in [0.15, 0.2) is 36.4 Å². The Balaban J connectivity index is 1.86. The number of amides is 1. The van der Waals surface area contributed by atoms with Crippen LogP contribution in [-0.4, -0.2) is 18.5 Å². The highest BCUT2D eigenvalue weighted by atomic mass is 32.1. The van der Waals surface area contributed by atoms with E-state index in [0.717, 1.165) is 30.4 Å². The molecule has 1 aromatic heterocycles. The van der Waals surface area contributed by atoms with Crippen molar-refractivity contribution in [3.8, 4) is 0 Å². The first-order chi connectivity index (χ1) is 12.6. The summed E-state index contributed by atoms with van der Waals surface area (Å²) in [5, 5.41) is 3.49. The topological polar surface area (TPSA) is 55.4 Å². The Kier molecular flexibility index (Phi) is 5.89. The van der Waals surface area contributed by atoms with Crippen molar-refractivity contribution in [1.82, 2.24) is 0 Å². The molecule has 26 heavy (non-hydrogen) atoms. The number of carbonyl (C=O) groups is 2. The number of anilines is 1. The Labute approximate surface area is 157 Å². The summed E-state index contributed by atoms with van der Waals surface area (Å²) in [4.78, 5) is 26.1. The van der Waals surface area contributed by atoms with Crippen molar-refractivity contribution in [2.24, 2.45) is 0 Å². The number of ether oxygens (including phenoxy) is 1. The monoisotopic (exact) mass is 369 g/mol. The molecule has 5 heteroatoms. The molecule has 1 amide bonds. The third-order valence-electron chi connectivity index (χ3n) is 4.50. The smallest absolute Gasteiger partial charge is 0.341 e. The van der Waals surface area contributed by atoms with Gasteiger partial charge in [-0.15, -0.1) is 11.3 Å². The summed E-state index contributed by atoms with van der Waals surface area (Å²) in [6.45, 7) is 4.24. The van der Waals surface area contributed by atoms with Crippen LogP contribution >= 0.6 is 11.3 Å². The van der Waals surface area contributed by atoms with E-state index in [4.69, 9.17) is 4.74 Å². The number of thiophene rings is 1. The maximum absolute atomic E-state index is 12.5. The lowest BCUT2D eigenvalue weighted by Crippen LogP contribution is -2.15. The van der Waals surface area contributed by atoms with Crippen molar-refractivity contribution in [3.05, 3.63) is 58.0 Å². The van der Waals surface area contributed by atoms with Crippen molar-refractivity contribution in [1.29, 1.82) is 0 Å². The Morgan fingerprint density at radius 2 is 2.08 bits per heavy atom. The zero-order valence-electron chi connectivity index (χ0n) is 15.1. The average molecular weight is 369 g/mol. The fourth-order valence-corrected chi connectivity index (χ4v) is 4.65. The zero-order valence-corrected chi connectivity index (χ0v) is 15.9. The van der Waals surface area contributed by atoms with Crippen LogP contribution < -0.4 is 5.32 Å². The number of rotatable bonds is 5. The van der Waals surface area contributed by atoms with Crippen LogP contribution in [0.1, 0.15) is 59.0 Å². The van der Waals surface area contributed by atoms with Crippen molar-refractivity contribution < 1.29 is 14.3 Å². The van der Waals surface area contributed by atoms with Gasteiger partial charge >= 0.3 is 5.97 Å². The zero-order chi connectivity index (χ0) is 18.5. The van der Waals surface area contributed by atoms with Gasteiger partial charge in [-0.2, -0.15) is 0 Å². The molecule has 0 saturated heterocycles. The van der Waals surface area contributed by atoms with Crippen LogP contribution in [-0.2, 0) is 16.0 Å². The van der Waals surface area contributed by atoms with E-state index in [9.17, 15) is 9.59 Å². The minimum Gasteiger partial charge on any atom is -0.462 e. The first-order valence-electron chi connectivity index (χ1n) is 8.97. The molecule has 0 fully saturated rings. The summed E-state index contributed by atoms with van der Waals surface area (Å²) in [6.07, 6.45) is 6.37. The van der Waals surface area contributed by atoms with Gasteiger partial charge in [0.25, 0.3) is 0 Å². The molecular weight excluding hydrogens is 346 g/mol. The third-order valence-corrected chi connectivity index (χ3v) is 5.68. The van der Waals surface area contributed by atoms with Crippen LogP contribution in [0.5, 0.6) is 0 Å². The lowest BCUT2D eigenvalue weighted by molar-refractivity contribution is -0.111. The molecule has 0 radical (unpaired) electrons. The van der Waals surface area contributed by atoms with E-state index in [1.54, 1.807) is 13.0 Å². The minimum absolute atomic E-state index is 0.245. The molecule has 1 aromatic carbocycles. The summed E-state index contributed by atoms with van der Waals surface area (Å²) >= 11 is 1.50. The van der Waals surface area contributed by atoms with E-state index in [2.05, 4.69) is 12.2 Å². The van der Waals surface area contributed by atoms with Gasteiger partial charge in [-0.1, -0.05) is 37.3 Å². The molecule has 1 aliphatic carbocycles. The fraction of sp³-hybridized carbons (Fsp3) is 0.333. The van der Waals surface area contributed by atoms with E-state index >= 15 is 0 Å². The van der Waals surface area contributed by atoms with Gasteiger partial charge in [0.15, 0.2) is 0 Å². The molecule has 1 heterocycles. The molecule has 0 aliphatic heterocycles. The largest absolute Gasteiger partial charge is 0.462 e. The molecule has 4 nitrogen and oxygen atoms in total. The maximum atomic E-state index is 12.5. The number of hydrogen-bond donors (Lipinski definition) is 1. The van der Waals surface area contributed by atoms with Crippen molar-refractivity contribution >= 4 is 34.3 Å². The predicted molar refractivity (Wildman–Crippen MR) is 106 cm³/mol. The molecule has 0 spiro atoms. The van der Waals surface area contributed by atoms with Crippen molar-refractivity contribution in [2.45, 2.75) is 39.0 Å². The van der Waals surface area contributed by atoms with Gasteiger partial charge < -0.3 is 10.1 Å². The van der Waals surface area contributed by atoms with E-state index < -0.39 is 0 Å². The van der Waals surface area contributed by atoms with Crippen molar-refractivity contribution in [2.75, 3.05) is 11.9 Å². The van der Waals surface area contributed by atoms with E-state index in [1.807, 2.05) is 30.3 Å². The minimum atomic E-state index is -0.346. The molecule has 1 unspecified atom stereocenters. The number of carbonyl (C=O) groups excluding carboxylic acids is 2. The molecule has 1 atom stereocenters. The quantitative estimate of drug-likeness (QED) is 0.595. The van der Waals surface area contributed by atoms with Crippen molar-refractivity contribution in [3.63, 3.8) is 0 Å². The second kappa shape index (κ2) is 8.32. The standard InChI is InChI=1S/C21H23NO3S/c1-3-25-21(24)19-18-14(2)8-7-11-16(18)26-20(19)22-17(23)13-12-15-9-5-4-6-10-15/h4-6,9-10,12-14H,3,7-8,11H2,1-2H3,(H,22,23)/b13-12+. The summed E-state index contributed by atoms with van der Waals surface area (Å²) < 4.78 is 5.25. The first kappa shape index (κ1) is 18.4. The maximum Gasteiger partial charge on any atom is 0.341 e. The Bertz CT molecular complexity index is 823. The second-order valence-corrected chi connectivity index (χ2v) is 7.50. The molecule has 1 aliphatic rings. The molecule has 0 bridgehead atoms. The number of aryl methyl sites for hydroxylation is 1. The summed E-state index contributed by atoms with van der Waals surface area (Å²) in [5.74, 6) is -0.286. The number of hydrogen-bond acceptors (Lipinski definition) is 4. The normalized spacial score (nSPS) is 16.3. The predicted octanol–water partition coefficient (Wildman–Crippen LogP) is 5.02. The van der Waals surface area contributed by atoms with Gasteiger partial charge in [0.2, 0.25) is 5.91 Å². The Morgan fingerprint density at radius 1 is 1.31 bits per heavy atom. The van der Waals surface area contributed by atoms with Crippen LogP contribution in [0.4, 0.5) is 5.00 Å². The Hall–Kier alpha value is -2.40. The summed E-state index contributed by atoms with van der Waals surface area (Å²) in [6, 6.07) is 9.63. The second-order valence-electron chi connectivity index (χ2n) is 6.39. The summed E-state index contributed by atoms with van der Waals surface area (Å²) in [5.41, 5.74) is 2.55. The van der Waals surface area contributed by atoms with E-state index in [-0.39, 0.29) is 11.9 Å². The van der Waals surface area contributed by atoms with Gasteiger partial charge in [-0.05, 0) is 49.3 Å². The van der Waals surface area contributed by atoms with E-state index in [0.29, 0.717) is 23.1 Å². The molecule has 2 aromatic rings. The van der Waals surface area contributed by atoms with Gasteiger partial charge in [-0.3, -0.25) is 4.79 Å². The lowest BCUT2D eigenvalue weighted by atomic mass is 9.86. The number of esters is 1. The van der Waals surface area contributed by atoms with Crippen LogP contribution in [0.2, 0.25) is 0 Å². The highest BCUT2D eigenvalue weighted by Crippen LogP contribution is 2.43. The fourth-order valence-electron chi connectivity index (χ4n) is 3.29. The van der Waals surface area contributed by atoms with E-state index in [1.165, 1.54) is 22.3 Å². The average Bonchev–Trinajstić information content (AvgIpc) is 3.00. The van der Waals surface area contributed by atoms with Crippen LogP contribution in [0.25, 0.3) is 6.08 Å². The Morgan fingerprint density at radius 3 is 2.81 bits per heavy atom. The molecule has 0 saturated carbocycles. The van der Waals surface area contributed by atoms with Crippen LogP contribution in [0, 0.1) is 0 Å². The van der Waals surface area contributed by atoms with Gasteiger partial charge in [0.1, 0.15) is 5.00 Å². The number of nitrogens with one attached hydrogen (secondary N) is 1. The first-order valence-corrected chi connectivity index (χ1v) is 9.78. The molecular formula is C21H23NO3S. The summed E-state index contributed by atoms with van der Waals surface area (Å²) in [7, 11) is 0. The van der Waals surface area contributed by atoms with Gasteiger partial charge in [0.05, 0.1) is 12.2 Å². The van der Waals surface area contributed by atoms with Gasteiger partial charge in [0, 0.05) is 11.0 Å².